The summed E-state index contributed by atoms with van der Waals surface area (Å²) in [6, 6.07) is 14.7. The van der Waals surface area contributed by atoms with Gasteiger partial charge in [0.05, 0.1) is 18.3 Å². The molecule has 0 bridgehead atoms. The van der Waals surface area contributed by atoms with Crippen LogP contribution in [0.3, 0.4) is 0 Å². The highest BCUT2D eigenvalue weighted by Gasteiger charge is 2.15. The molecule has 0 aliphatic carbocycles. The maximum atomic E-state index is 12.7. The lowest BCUT2D eigenvalue weighted by Crippen LogP contribution is -2.26. The summed E-state index contributed by atoms with van der Waals surface area (Å²) < 4.78 is 1.69. The van der Waals surface area contributed by atoms with Gasteiger partial charge in [0.25, 0.3) is 11.8 Å². The lowest BCUT2D eigenvalue weighted by atomic mass is 10.1. The van der Waals surface area contributed by atoms with Crippen LogP contribution in [-0.2, 0) is 13.1 Å². The van der Waals surface area contributed by atoms with Crippen molar-refractivity contribution in [3.05, 3.63) is 88.2 Å². The van der Waals surface area contributed by atoms with Crippen molar-refractivity contribution in [3.8, 4) is 0 Å². The zero-order chi connectivity index (χ0) is 20.1. The number of rotatable bonds is 6. The van der Waals surface area contributed by atoms with Crippen LogP contribution < -0.4 is 5.32 Å². The number of nitrogens with zero attached hydrogens (tertiary/aromatic N) is 3. The van der Waals surface area contributed by atoms with Gasteiger partial charge in [0.15, 0.2) is 0 Å². The van der Waals surface area contributed by atoms with Crippen molar-refractivity contribution in [2.75, 3.05) is 14.1 Å². The predicted molar refractivity (Wildman–Crippen MR) is 108 cm³/mol. The van der Waals surface area contributed by atoms with Crippen molar-refractivity contribution in [1.29, 1.82) is 0 Å². The van der Waals surface area contributed by atoms with Crippen molar-refractivity contribution < 1.29 is 9.59 Å². The molecule has 1 heterocycles. The Morgan fingerprint density at radius 3 is 2.50 bits per heavy atom. The number of carbonyl (C=O) groups is 2. The molecule has 0 spiro atoms. The third kappa shape index (κ3) is 4.58. The molecule has 0 saturated carbocycles. The fourth-order valence-electron chi connectivity index (χ4n) is 2.83. The van der Waals surface area contributed by atoms with Crippen molar-refractivity contribution in [2.24, 2.45) is 0 Å². The molecule has 3 aromatic rings. The number of nitrogens with one attached hydrogen (secondary N) is 1. The summed E-state index contributed by atoms with van der Waals surface area (Å²) in [5.74, 6) is -0.261. The summed E-state index contributed by atoms with van der Waals surface area (Å²) >= 11 is 6.18. The number of halogens is 1. The van der Waals surface area contributed by atoms with Gasteiger partial charge in [-0.2, -0.15) is 5.10 Å². The van der Waals surface area contributed by atoms with Crippen molar-refractivity contribution in [2.45, 2.75) is 13.1 Å². The molecular weight excluding hydrogens is 376 g/mol. The number of hydrogen-bond acceptors (Lipinski definition) is 3. The molecule has 0 fully saturated rings. The molecule has 0 aliphatic heterocycles. The predicted octanol–water partition coefficient (Wildman–Crippen LogP) is 3.22. The minimum absolute atomic E-state index is 0.124. The molecule has 1 N–H and O–H groups in total. The van der Waals surface area contributed by atoms with Crippen molar-refractivity contribution >= 4 is 23.4 Å². The van der Waals surface area contributed by atoms with E-state index < -0.39 is 0 Å². The highest BCUT2D eigenvalue weighted by Crippen LogP contribution is 2.16. The maximum absolute atomic E-state index is 12.7. The average Bonchev–Trinajstić information content (AvgIpc) is 3.17. The normalized spacial score (nSPS) is 10.5. The van der Waals surface area contributed by atoms with Gasteiger partial charge < -0.3 is 10.2 Å². The number of benzene rings is 2. The van der Waals surface area contributed by atoms with E-state index in [1.54, 1.807) is 48.2 Å². The van der Waals surface area contributed by atoms with Crippen LogP contribution in [0.4, 0.5) is 0 Å². The molecule has 0 radical (unpaired) electrons. The quantitative estimate of drug-likeness (QED) is 0.695. The standard InChI is InChI=1S/C21H21ClN4O2/c1-23-20(27)16-9-7-15(8-10-16)12-25(2)21(28)18-11-24-26(14-18)13-17-5-3-4-6-19(17)22/h3-11,14H,12-13H2,1-2H3,(H,23,27). The van der Waals surface area contributed by atoms with E-state index >= 15 is 0 Å². The van der Waals surface area contributed by atoms with Gasteiger partial charge in [0.2, 0.25) is 0 Å². The Labute approximate surface area is 168 Å². The van der Waals surface area contributed by atoms with Crippen molar-refractivity contribution in [1.82, 2.24) is 20.0 Å². The van der Waals surface area contributed by atoms with E-state index in [2.05, 4.69) is 10.4 Å². The number of carbonyl (C=O) groups excluding carboxylic acids is 2. The molecular formula is C21H21ClN4O2. The van der Waals surface area contributed by atoms with E-state index in [1.165, 1.54) is 0 Å². The fourth-order valence-corrected chi connectivity index (χ4v) is 3.03. The number of hydrogen-bond donors (Lipinski definition) is 1. The first-order valence-electron chi connectivity index (χ1n) is 8.80. The van der Waals surface area contributed by atoms with E-state index in [0.717, 1.165) is 11.1 Å². The van der Waals surface area contributed by atoms with Crippen LogP contribution in [0.5, 0.6) is 0 Å². The molecule has 3 rings (SSSR count). The molecule has 7 heteroatoms. The molecule has 2 aromatic carbocycles. The van der Waals surface area contributed by atoms with Gasteiger partial charge in [0.1, 0.15) is 0 Å². The van der Waals surface area contributed by atoms with Gasteiger partial charge in [-0.3, -0.25) is 14.3 Å². The summed E-state index contributed by atoms with van der Waals surface area (Å²) in [4.78, 5) is 25.9. The Kier molecular flexibility index (Phi) is 6.11. The van der Waals surface area contributed by atoms with Gasteiger partial charge in [-0.1, -0.05) is 41.9 Å². The van der Waals surface area contributed by atoms with Crippen LogP contribution in [0.25, 0.3) is 0 Å². The maximum Gasteiger partial charge on any atom is 0.257 e. The molecule has 28 heavy (non-hydrogen) atoms. The Balaban J connectivity index is 1.64. The minimum Gasteiger partial charge on any atom is -0.355 e. The van der Waals surface area contributed by atoms with Gasteiger partial charge in [0, 0.05) is 37.4 Å². The second kappa shape index (κ2) is 8.71. The molecule has 2 amide bonds. The topological polar surface area (TPSA) is 67.2 Å². The summed E-state index contributed by atoms with van der Waals surface area (Å²) in [6.07, 6.45) is 3.28. The number of amides is 2. The van der Waals surface area contributed by atoms with Crippen LogP contribution >= 0.6 is 11.6 Å². The van der Waals surface area contributed by atoms with E-state index in [1.807, 2.05) is 36.4 Å². The Bertz CT molecular complexity index is 982. The minimum atomic E-state index is -0.137. The molecule has 144 valence electrons. The molecule has 0 atom stereocenters. The first-order chi connectivity index (χ1) is 13.5. The van der Waals surface area contributed by atoms with Crippen LogP contribution in [0.1, 0.15) is 31.8 Å². The van der Waals surface area contributed by atoms with Crippen LogP contribution in [-0.4, -0.2) is 40.6 Å². The van der Waals surface area contributed by atoms with Crippen LogP contribution in [0.15, 0.2) is 60.9 Å². The lowest BCUT2D eigenvalue weighted by molar-refractivity contribution is 0.0784. The van der Waals surface area contributed by atoms with Crippen LogP contribution in [0.2, 0.25) is 5.02 Å². The van der Waals surface area contributed by atoms with Crippen LogP contribution in [0, 0.1) is 0 Å². The summed E-state index contributed by atoms with van der Waals surface area (Å²) in [7, 11) is 3.33. The second-order valence-electron chi connectivity index (χ2n) is 6.46. The first-order valence-corrected chi connectivity index (χ1v) is 9.18. The van der Waals surface area contributed by atoms with E-state index in [0.29, 0.717) is 29.2 Å². The van der Waals surface area contributed by atoms with Gasteiger partial charge in [-0.25, -0.2) is 0 Å². The van der Waals surface area contributed by atoms with E-state index in [9.17, 15) is 9.59 Å². The van der Waals surface area contributed by atoms with Crippen molar-refractivity contribution in [3.63, 3.8) is 0 Å². The molecule has 0 unspecified atom stereocenters. The average molecular weight is 397 g/mol. The third-order valence-electron chi connectivity index (χ3n) is 4.38. The van der Waals surface area contributed by atoms with Gasteiger partial charge >= 0.3 is 0 Å². The molecule has 1 aromatic heterocycles. The monoisotopic (exact) mass is 396 g/mol. The van der Waals surface area contributed by atoms with Gasteiger partial charge in [-0.15, -0.1) is 0 Å². The molecule has 0 saturated heterocycles. The zero-order valence-corrected chi connectivity index (χ0v) is 16.5. The smallest absolute Gasteiger partial charge is 0.257 e. The molecule has 0 aliphatic rings. The molecule has 6 nitrogen and oxygen atoms in total. The summed E-state index contributed by atoms with van der Waals surface area (Å²) in [5, 5.41) is 7.52. The highest BCUT2D eigenvalue weighted by molar-refractivity contribution is 6.31. The SMILES string of the molecule is CNC(=O)c1ccc(CN(C)C(=O)c2cnn(Cc3ccccc3Cl)c2)cc1. The van der Waals surface area contributed by atoms with E-state index in [4.69, 9.17) is 11.6 Å². The van der Waals surface area contributed by atoms with E-state index in [-0.39, 0.29) is 11.8 Å². The zero-order valence-electron chi connectivity index (χ0n) is 15.7. The third-order valence-corrected chi connectivity index (χ3v) is 4.75. The Hall–Kier alpha value is -3.12. The summed E-state index contributed by atoms with van der Waals surface area (Å²) in [5.41, 5.74) is 2.97. The fraction of sp³-hybridized carbons (Fsp3) is 0.190. The lowest BCUT2D eigenvalue weighted by Gasteiger charge is -2.16. The summed E-state index contributed by atoms with van der Waals surface area (Å²) in [6.45, 7) is 0.931. The highest BCUT2D eigenvalue weighted by atomic mass is 35.5. The van der Waals surface area contributed by atoms with Gasteiger partial charge in [-0.05, 0) is 29.3 Å². The first kappa shape index (κ1) is 19.6. The Morgan fingerprint density at radius 2 is 1.82 bits per heavy atom. The number of aromatic nitrogens is 2. The Morgan fingerprint density at radius 1 is 1.11 bits per heavy atom. The second-order valence-corrected chi connectivity index (χ2v) is 6.86. The largest absolute Gasteiger partial charge is 0.355 e.